The number of sulfonamides is 1. The predicted molar refractivity (Wildman–Crippen MR) is 148 cm³/mol. The molecule has 0 radical (unpaired) electrons. The molecule has 1 amide bonds. The first-order valence-corrected chi connectivity index (χ1v) is 15.3. The van der Waals surface area contributed by atoms with Gasteiger partial charge in [-0.25, -0.2) is 27.1 Å². The fourth-order valence-electron chi connectivity index (χ4n) is 5.30. The van der Waals surface area contributed by atoms with Crippen molar-refractivity contribution in [3.63, 3.8) is 0 Å². The number of nitrogens with one attached hydrogen (secondary N) is 2. The van der Waals surface area contributed by atoms with E-state index in [2.05, 4.69) is 20.6 Å². The number of carbonyl (C=O) groups is 1. The van der Waals surface area contributed by atoms with Crippen LogP contribution >= 0.6 is 23.2 Å². The number of benzene rings is 1. The number of hydrogen-bond donors (Lipinski definition) is 3. The third kappa shape index (κ3) is 6.06. The molecule has 3 heterocycles. The molecule has 1 saturated heterocycles. The van der Waals surface area contributed by atoms with Crippen LogP contribution in [0.2, 0.25) is 10.0 Å². The van der Waals surface area contributed by atoms with Crippen LogP contribution in [0.4, 0.5) is 22.0 Å². The standard InChI is InChI=1S/C24H29Cl2FN8O3S/c1-39(37,38)34-8-6-15(7-9-34)30-23-29-12-19-22(33-23)35(16-4-2-13(3-5-16)21(28)36)24(31-19)32-20-17(26)10-14(25)11-18(20)27/h10-13,15-16H,2-9H2,1H3,(H2,28,36)(H,31,32)(H,29,30,33)/t13-,16+. The molecule has 15 heteroatoms. The fourth-order valence-corrected chi connectivity index (χ4v) is 6.69. The number of nitrogens with two attached hydrogens (primary N) is 1. The van der Waals surface area contributed by atoms with Gasteiger partial charge in [0.25, 0.3) is 0 Å². The molecule has 5 rings (SSSR count). The molecule has 1 saturated carbocycles. The molecule has 0 spiro atoms. The number of rotatable bonds is 7. The lowest BCUT2D eigenvalue weighted by Gasteiger charge is -2.30. The van der Waals surface area contributed by atoms with E-state index in [1.165, 1.54) is 16.6 Å². The first-order valence-electron chi connectivity index (χ1n) is 12.7. The quantitative estimate of drug-likeness (QED) is 0.368. The fraction of sp³-hybridized carbons (Fsp3) is 0.500. The zero-order valence-corrected chi connectivity index (χ0v) is 23.5. The lowest BCUT2D eigenvalue weighted by molar-refractivity contribution is -0.122. The molecule has 2 aromatic heterocycles. The average Bonchev–Trinajstić information content (AvgIpc) is 3.23. The summed E-state index contributed by atoms with van der Waals surface area (Å²) in [5, 5.41) is 6.61. The van der Waals surface area contributed by atoms with Crippen LogP contribution in [0.5, 0.6) is 0 Å². The summed E-state index contributed by atoms with van der Waals surface area (Å²) in [5.41, 5.74) is 6.61. The molecule has 1 aromatic carbocycles. The van der Waals surface area contributed by atoms with Gasteiger partial charge in [-0.15, -0.1) is 0 Å². The van der Waals surface area contributed by atoms with Gasteiger partial charge in [-0.05, 0) is 50.7 Å². The molecule has 1 aliphatic heterocycles. The van der Waals surface area contributed by atoms with Crippen LogP contribution in [0.25, 0.3) is 11.2 Å². The minimum atomic E-state index is -3.23. The molecule has 0 unspecified atom stereocenters. The Morgan fingerprint density at radius 1 is 1.10 bits per heavy atom. The van der Waals surface area contributed by atoms with Gasteiger partial charge in [0.15, 0.2) is 5.65 Å². The Balaban J connectivity index is 1.46. The number of aromatic nitrogens is 4. The monoisotopic (exact) mass is 598 g/mol. The first-order chi connectivity index (χ1) is 18.5. The highest BCUT2D eigenvalue weighted by Crippen LogP contribution is 2.38. The zero-order valence-electron chi connectivity index (χ0n) is 21.2. The third-order valence-electron chi connectivity index (χ3n) is 7.40. The number of anilines is 3. The van der Waals surface area contributed by atoms with Crippen LogP contribution in [-0.4, -0.2) is 63.5 Å². The predicted octanol–water partition coefficient (Wildman–Crippen LogP) is 4.07. The van der Waals surface area contributed by atoms with Gasteiger partial charge in [0, 0.05) is 36.1 Å². The van der Waals surface area contributed by atoms with Crippen LogP contribution in [-0.2, 0) is 14.8 Å². The SMILES string of the molecule is CS(=O)(=O)N1CCC(Nc2ncc3nc(Nc4c(F)cc(Cl)cc4Cl)n([C@H]4CC[C@@H](C(N)=O)CC4)c3n2)CC1. The Labute approximate surface area is 235 Å². The van der Waals surface area contributed by atoms with Crippen molar-refractivity contribution in [3.8, 4) is 0 Å². The number of primary amides is 1. The van der Waals surface area contributed by atoms with E-state index in [1.54, 1.807) is 6.20 Å². The summed E-state index contributed by atoms with van der Waals surface area (Å²) in [4.78, 5) is 25.6. The van der Waals surface area contributed by atoms with Crippen molar-refractivity contribution in [2.45, 2.75) is 50.6 Å². The van der Waals surface area contributed by atoms with Crippen molar-refractivity contribution in [3.05, 3.63) is 34.2 Å². The average molecular weight is 600 g/mol. The molecule has 2 fully saturated rings. The van der Waals surface area contributed by atoms with E-state index in [0.717, 1.165) is 6.07 Å². The highest BCUT2D eigenvalue weighted by molar-refractivity contribution is 7.88. The molecule has 3 aromatic rings. The van der Waals surface area contributed by atoms with Gasteiger partial charge in [-0.2, -0.15) is 4.98 Å². The summed E-state index contributed by atoms with van der Waals surface area (Å²) in [6.07, 6.45) is 6.58. The smallest absolute Gasteiger partial charge is 0.224 e. The van der Waals surface area contributed by atoms with E-state index in [4.69, 9.17) is 33.9 Å². The Morgan fingerprint density at radius 3 is 2.41 bits per heavy atom. The molecule has 4 N–H and O–H groups in total. The number of piperidine rings is 1. The third-order valence-corrected chi connectivity index (χ3v) is 9.22. The maximum absolute atomic E-state index is 14.8. The van der Waals surface area contributed by atoms with Gasteiger partial charge < -0.3 is 16.4 Å². The Morgan fingerprint density at radius 2 is 1.79 bits per heavy atom. The number of amides is 1. The number of fused-ring (bicyclic) bond motifs is 1. The zero-order chi connectivity index (χ0) is 27.9. The van der Waals surface area contributed by atoms with Gasteiger partial charge in [0.1, 0.15) is 11.3 Å². The molecule has 0 bridgehead atoms. The number of hydrogen-bond acceptors (Lipinski definition) is 8. The van der Waals surface area contributed by atoms with Crippen LogP contribution in [0, 0.1) is 11.7 Å². The first kappa shape index (κ1) is 27.8. The lowest BCUT2D eigenvalue weighted by Crippen LogP contribution is -2.42. The van der Waals surface area contributed by atoms with Gasteiger partial charge in [0.05, 0.1) is 23.2 Å². The molecule has 2 aliphatic rings. The van der Waals surface area contributed by atoms with E-state index < -0.39 is 15.8 Å². The van der Waals surface area contributed by atoms with Gasteiger partial charge in [-0.1, -0.05) is 23.2 Å². The second-order valence-electron chi connectivity index (χ2n) is 10.1. The van der Waals surface area contributed by atoms with Crippen molar-refractivity contribution in [2.75, 3.05) is 30.0 Å². The minimum Gasteiger partial charge on any atom is -0.369 e. The lowest BCUT2D eigenvalue weighted by atomic mass is 9.85. The van der Waals surface area contributed by atoms with Crippen LogP contribution in [0.15, 0.2) is 18.3 Å². The van der Waals surface area contributed by atoms with Crippen molar-refractivity contribution in [1.82, 2.24) is 23.8 Å². The van der Waals surface area contributed by atoms with Gasteiger partial charge in [-0.3, -0.25) is 9.36 Å². The second kappa shape index (κ2) is 11.0. The van der Waals surface area contributed by atoms with Crippen molar-refractivity contribution >= 4 is 67.9 Å². The molecule has 210 valence electrons. The Bertz CT molecular complexity index is 1480. The van der Waals surface area contributed by atoms with Gasteiger partial charge in [0.2, 0.25) is 27.8 Å². The number of carbonyl (C=O) groups excluding carboxylic acids is 1. The van der Waals surface area contributed by atoms with Gasteiger partial charge >= 0.3 is 0 Å². The topological polar surface area (TPSA) is 148 Å². The summed E-state index contributed by atoms with van der Waals surface area (Å²) in [6.45, 7) is 0.836. The maximum atomic E-state index is 14.8. The summed E-state index contributed by atoms with van der Waals surface area (Å²) >= 11 is 12.2. The highest BCUT2D eigenvalue weighted by Gasteiger charge is 2.30. The van der Waals surface area contributed by atoms with E-state index in [0.29, 0.717) is 74.7 Å². The van der Waals surface area contributed by atoms with Crippen molar-refractivity contribution < 1.29 is 17.6 Å². The summed E-state index contributed by atoms with van der Waals surface area (Å²) in [7, 11) is -3.23. The molecule has 39 heavy (non-hydrogen) atoms. The minimum absolute atomic E-state index is 0.00221. The van der Waals surface area contributed by atoms with Crippen molar-refractivity contribution in [2.24, 2.45) is 11.7 Å². The van der Waals surface area contributed by atoms with E-state index in [-0.39, 0.29) is 39.6 Å². The second-order valence-corrected chi connectivity index (χ2v) is 12.9. The van der Waals surface area contributed by atoms with E-state index in [9.17, 15) is 17.6 Å². The largest absolute Gasteiger partial charge is 0.369 e. The van der Waals surface area contributed by atoms with Crippen LogP contribution in [0.3, 0.4) is 0 Å². The Kier molecular flexibility index (Phi) is 7.86. The summed E-state index contributed by atoms with van der Waals surface area (Å²) in [5.74, 6) is -0.413. The molecule has 1 aliphatic carbocycles. The number of imidazole rings is 1. The van der Waals surface area contributed by atoms with E-state index >= 15 is 0 Å². The number of halogens is 3. The van der Waals surface area contributed by atoms with Crippen LogP contribution in [0.1, 0.15) is 44.6 Å². The molecular weight excluding hydrogens is 570 g/mol. The molecule has 11 nitrogen and oxygen atoms in total. The normalized spacial score (nSPS) is 21.2. The summed E-state index contributed by atoms with van der Waals surface area (Å²) in [6, 6.07) is 2.53. The van der Waals surface area contributed by atoms with Crippen molar-refractivity contribution in [1.29, 1.82) is 0 Å². The Hall–Kier alpha value is -2.74. The van der Waals surface area contributed by atoms with Crippen LogP contribution < -0.4 is 16.4 Å². The molecule has 0 atom stereocenters. The number of nitrogens with zero attached hydrogens (tertiary/aromatic N) is 5. The molecular formula is C24H29Cl2FN8O3S. The maximum Gasteiger partial charge on any atom is 0.224 e. The highest BCUT2D eigenvalue weighted by atomic mass is 35.5. The summed E-state index contributed by atoms with van der Waals surface area (Å²) < 4.78 is 41.8. The van der Waals surface area contributed by atoms with E-state index in [1.807, 2.05) is 4.57 Å².